The van der Waals surface area contributed by atoms with Crippen molar-refractivity contribution in [1.82, 2.24) is 9.55 Å². The molecule has 2 nitrogen and oxygen atoms in total. The molecule has 2 unspecified atom stereocenters. The smallest absolute Gasteiger partial charge is 0.106 e. The molecule has 0 N–H and O–H groups in total. The second-order valence-corrected chi connectivity index (χ2v) is 5.44. The average molecular weight is 228 g/mol. The van der Waals surface area contributed by atoms with Crippen molar-refractivity contribution >= 4 is 11.0 Å². The summed E-state index contributed by atoms with van der Waals surface area (Å²) in [6.07, 6.45) is 5.37. The van der Waals surface area contributed by atoms with Crippen LogP contribution in [-0.4, -0.2) is 9.55 Å². The van der Waals surface area contributed by atoms with Crippen LogP contribution in [0.4, 0.5) is 0 Å². The molecular formula is C15H20N2. The van der Waals surface area contributed by atoms with Gasteiger partial charge in [-0.2, -0.15) is 0 Å². The molecule has 90 valence electrons. The fourth-order valence-electron chi connectivity index (χ4n) is 3.26. The number of para-hydroxylation sites is 2. The van der Waals surface area contributed by atoms with Crippen molar-refractivity contribution in [3.05, 3.63) is 30.1 Å². The van der Waals surface area contributed by atoms with Gasteiger partial charge in [-0.15, -0.1) is 0 Å². The number of benzene rings is 1. The van der Waals surface area contributed by atoms with E-state index in [1.54, 1.807) is 0 Å². The summed E-state index contributed by atoms with van der Waals surface area (Å²) in [6, 6.07) is 9.17. The third-order valence-electron chi connectivity index (χ3n) is 4.05. The van der Waals surface area contributed by atoms with Crippen LogP contribution in [0.1, 0.15) is 44.5 Å². The molecule has 0 radical (unpaired) electrons. The first-order valence-electron chi connectivity index (χ1n) is 6.69. The Kier molecular flexibility index (Phi) is 2.65. The van der Waals surface area contributed by atoms with Crippen LogP contribution in [-0.2, 0) is 0 Å². The number of fused-ring (bicyclic) bond motifs is 1. The minimum Gasteiger partial charge on any atom is -0.325 e. The summed E-state index contributed by atoms with van der Waals surface area (Å²) in [6.45, 7) is 4.51. The third-order valence-corrected chi connectivity index (χ3v) is 4.05. The van der Waals surface area contributed by atoms with E-state index in [9.17, 15) is 0 Å². The van der Waals surface area contributed by atoms with E-state index in [1.807, 2.05) is 0 Å². The minimum absolute atomic E-state index is 0.658. The Balaban J connectivity index is 2.06. The molecule has 1 aromatic heterocycles. The Bertz CT molecular complexity index is 527. The molecule has 1 aliphatic carbocycles. The molecule has 1 saturated carbocycles. The van der Waals surface area contributed by atoms with Gasteiger partial charge in [-0.25, -0.2) is 4.98 Å². The number of aromatic nitrogens is 2. The van der Waals surface area contributed by atoms with Crippen molar-refractivity contribution in [2.24, 2.45) is 5.92 Å². The predicted molar refractivity (Wildman–Crippen MR) is 71.1 cm³/mol. The van der Waals surface area contributed by atoms with E-state index in [1.165, 1.54) is 37.0 Å². The standard InChI is InChI=1S/C15H20N2/c1-11-6-5-7-13(10-11)17-12(2)16-14-8-3-4-9-15(14)17/h3-4,8-9,11,13H,5-7,10H2,1-2H3. The highest BCUT2D eigenvalue weighted by atomic mass is 15.1. The number of hydrogen-bond acceptors (Lipinski definition) is 1. The van der Waals surface area contributed by atoms with E-state index in [0.717, 1.165) is 11.4 Å². The molecular weight excluding hydrogens is 208 g/mol. The first kappa shape index (κ1) is 10.8. The maximum Gasteiger partial charge on any atom is 0.106 e. The molecule has 3 rings (SSSR count). The summed E-state index contributed by atoms with van der Waals surface area (Å²) in [4.78, 5) is 4.68. The third kappa shape index (κ3) is 1.86. The Morgan fingerprint density at radius 3 is 2.88 bits per heavy atom. The van der Waals surface area contributed by atoms with Gasteiger partial charge in [0.1, 0.15) is 5.82 Å². The molecule has 0 bridgehead atoms. The van der Waals surface area contributed by atoms with Crippen LogP contribution in [0, 0.1) is 12.8 Å². The molecule has 0 saturated heterocycles. The van der Waals surface area contributed by atoms with Crippen LogP contribution >= 0.6 is 0 Å². The van der Waals surface area contributed by atoms with E-state index in [-0.39, 0.29) is 0 Å². The Labute approximate surface area is 103 Å². The van der Waals surface area contributed by atoms with Crippen LogP contribution in [0.25, 0.3) is 11.0 Å². The normalized spacial score (nSPS) is 25.3. The highest BCUT2D eigenvalue weighted by molar-refractivity contribution is 5.76. The topological polar surface area (TPSA) is 17.8 Å². The maximum atomic E-state index is 4.68. The minimum atomic E-state index is 0.658. The van der Waals surface area contributed by atoms with Crippen molar-refractivity contribution in [1.29, 1.82) is 0 Å². The zero-order chi connectivity index (χ0) is 11.8. The SMILES string of the molecule is Cc1nc2ccccc2n1C1CCCC(C)C1. The van der Waals surface area contributed by atoms with Gasteiger partial charge >= 0.3 is 0 Å². The van der Waals surface area contributed by atoms with Crippen molar-refractivity contribution in [2.45, 2.75) is 45.6 Å². The lowest BCUT2D eigenvalue weighted by molar-refractivity contribution is 0.284. The van der Waals surface area contributed by atoms with Gasteiger partial charge < -0.3 is 4.57 Å². The van der Waals surface area contributed by atoms with Crippen LogP contribution in [0.5, 0.6) is 0 Å². The quantitative estimate of drug-likeness (QED) is 0.718. The lowest BCUT2D eigenvalue weighted by Gasteiger charge is -2.29. The molecule has 1 heterocycles. The van der Waals surface area contributed by atoms with Gasteiger partial charge in [0.15, 0.2) is 0 Å². The number of hydrogen-bond donors (Lipinski definition) is 0. The number of imidazole rings is 1. The van der Waals surface area contributed by atoms with Gasteiger partial charge in [-0.05, 0) is 37.8 Å². The summed E-state index contributed by atoms with van der Waals surface area (Å²) >= 11 is 0. The first-order chi connectivity index (χ1) is 8.25. The van der Waals surface area contributed by atoms with Gasteiger partial charge in [0.25, 0.3) is 0 Å². The van der Waals surface area contributed by atoms with Crippen molar-refractivity contribution in [3.63, 3.8) is 0 Å². The second-order valence-electron chi connectivity index (χ2n) is 5.44. The molecule has 1 aromatic carbocycles. The van der Waals surface area contributed by atoms with Crippen LogP contribution in [0.3, 0.4) is 0 Å². The van der Waals surface area contributed by atoms with Gasteiger partial charge in [0, 0.05) is 6.04 Å². The number of rotatable bonds is 1. The molecule has 0 aliphatic heterocycles. The van der Waals surface area contributed by atoms with E-state index >= 15 is 0 Å². The molecule has 17 heavy (non-hydrogen) atoms. The fraction of sp³-hybridized carbons (Fsp3) is 0.533. The van der Waals surface area contributed by atoms with Gasteiger partial charge in [-0.3, -0.25) is 0 Å². The lowest BCUT2D eigenvalue weighted by atomic mass is 9.87. The highest BCUT2D eigenvalue weighted by Crippen LogP contribution is 2.35. The van der Waals surface area contributed by atoms with E-state index in [2.05, 4.69) is 47.7 Å². The molecule has 1 aliphatic rings. The Hall–Kier alpha value is -1.31. The van der Waals surface area contributed by atoms with Gasteiger partial charge in [-0.1, -0.05) is 31.9 Å². The van der Waals surface area contributed by atoms with Crippen LogP contribution < -0.4 is 0 Å². The largest absolute Gasteiger partial charge is 0.325 e. The number of nitrogens with zero attached hydrogens (tertiary/aromatic N) is 2. The molecule has 2 atom stereocenters. The highest BCUT2D eigenvalue weighted by Gasteiger charge is 2.22. The average Bonchev–Trinajstić information content (AvgIpc) is 2.64. The van der Waals surface area contributed by atoms with Crippen molar-refractivity contribution < 1.29 is 0 Å². The van der Waals surface area contributed by atoms with Crippen LogP contribution in [0.2, 0.25) is 0 Å². The van der Waals surface area contributed by atoms with E-state index in [0.29, 0.717) is 6.04 Å². The summed E-state index contributed by atoms with van der Waals surface area (Å²) in [5, 5.41) is 0. The molecule has 0 amide bonds. The summed E-state index contributed by atoms with van der Waals surface area (Å²) < 4.78 is 2.46. The second kappa shape index (κ2) is 4.17. The van der Waals surface area contributed by atoms with Gasteiger partial charge in [0.2, 0.25) is 0 Å². The Morgan fingerprint density at radius 2 is 2.06 bits per heavy atom. The summed E-state index contributed by atoms with van der Waals surface area (Å²) in [5.74, 6) is 2.03. The van der Waals surface area contributed by atoms with Crippen LogP contribution in [0.15, 0.2) is 24.3 Å². The van der Waals surface area contributed by atoms with E-state index in [4.69, 9.17) is 0 Å². The monoisotopic (exact) mass is 228 g/mol. The summed E-state index contributed by atoms with van der Waals surface area (Å²) in [7, 11) is 0. The molecule has 2 heteroatoms. The lowest BCUT2D eigenvalue weighted by Crippen LogP contribution is -2.18. The molecule has 1 fully saturated rings. The predicted octanol–water partition coefficient (Wildman–Crippen LogP) is 4.10. The number of aryl methyl sites for hydroxylation is 1. The molecule has 0 spiro atoms. The van der Waals surface area contributed by atoms with Gasteiger partial charge in [0.05, 0.1) is 11.0 Å². The zero-order valence-corrected chi connectivity index (χ0v) is 10.7. The van der Waals surface area contributed by atoms with Crippen molar-refractivity contribution in [3.8, 4) is 0 Å². The zero-order valence-electron chi connectivity index (χ0n) is 10.7. The fourth-order valence-corrected chi connectivity index (χ4v) is 3.26. The maximum absolute atomic E-state index is 4.68. The summed E-state index contributed by atoms with van der Waals surface area (Å²) in [5.41, 5.74) is 2.45. The molecule has 2 aromatic rings. The van der Waals surface area contributed by atoms with Crippen molar-refractivity contribution in [2.75, 3.05) is 0 Å². The first-order valence-corrected chi connectivity index (χ1v) is 6.69. The van der Waals surface area contributed by atoms with E-state index < -0.39 is 0 Å². The Morgan fingerprint density at radius 1 is 1.24 bits per heavy atom.